The Hall–Kier alpha value is -3.25. The summed E-state index contributed by atoms with van der Waals surface area (Å²) in [5, 5.41) is 10.9. The maximum absolute atomic E-state index is 13.5. The van der Waals surface area contributed by atoms with Gasteiger partial charge in [-0.3, -0.25) is 14.5 Å². The normalized spacial score (nSPS) is 18.3. The van der Waals surface area contributed by atoms with E-state index in [-0.39, 0.29) is 11.3 Å². The predicted molar refractivity (Wildman–Crippen MR) is 112 cm³/mol. The Balaban J connectivity index is 1.96. The third kappa shape index (κ3) is 3.47. The second kappa shape index (κ2) is 7.64. The van der Waals surface area contributed by atoms with Crippen LogP contribution in [0.1, 0.15) is 17.2 Å². The van der Waals surface area contributed by atoms with Crippen LogP contribution in [0.15, 0.2) is 88.9 Å². The minimum atomic E-state index is -0.884. The first-order valence-corrected chi connectivity index (χ1v) is 9.64. The highest BCUT2D eigenvalue weighted by Crippen LogP contribution is 2.42. The van der Waals surface area contributed by atoms with Crippen LogP contribution in [0.5, 0.6) is 0 Å². The number of carbonyl (C=O) groups is 2. The Kier molecular flexibility index (Phi) is 5.03. The van der Waals surface area contributed by atoms with Crippen LogP contribution in [0.2, 0.25) is 0 Å². The zero-order chi connectivity index (χ0) is 20.5. The molecule has 0 aliphatic carbocycles. The summed E-state index contributed by atoms with van der Waals surface area (Å²) in [4.78, 5) is 27.2. The van der Waals surface area contributed by atoms with Gasteiger partial charge in [0, 0.05) is 15.7 Å². The van der Waals surface area contributed by atoms with Gasteiger partial charge in [0.25, 0.3) is 11.7 Å². The molecule has 29 heavy (non-hydrogen) atoms. The highest BCUT2D eigenvalue weighted by molar-refractivity contribution is 9.10. The molecule has 0 unspecified atom stereocenters. The van der Waals surface area contributed by atoms with E-state index in [1.54, 1.807) is 54.6 Å². The quantitative estimate of drug-likeness (QED) is 0.337. The first-order chi connectivity index (χ1) is 14.0. The maximum Gasteiger partial charge on any atom is 0.300 e. The van der Waals surface area contributed by atoms with Crippen LogP contribution in [0.25, 0.3) is 5.76 Å². The molecule has 6 heteroatoms. The molecule has 1 saturated heterocycles. The van der Waals surface area contributed by atoms with Crippen LogP contribution in [0.4, 0.5) is 10.1 Å². The lowest BCUT2D eigenvalue weighted by Crippen LogP contribution is -2.29. The summed E-state index contributed by atoms with van der Waals surface area (Å²) in [6.45, 7) is 0. The molecule has 1 amide bonds. The first kappa shape index (κ1) is 19.1. The van der Waals surface area contributed by atoms with E-state index in [1.807, 2.05) is 0 Å². The Bertz CT molecular complexity index is 1130. The lowest BCUT2D eigenvalue weighted by molar-refractivity contribution is -0.132. The van der Waals surface area contributed by atoms with Crippen molar-refractivity contribution in [3.63, 3.8) is 0 Å². The molecule has 4 rings (SSSR count). The van der Waals surface area contributed by atoms with Crippen molar-refractivity contribution in [1.82, 2.24) is 0 Å². The van der Waals surface area contributed by atoms with Gasteiger partial charge in [0.2, 0.25) is 0 Å². The van der Waals surface area contributed by atoms with Crippen molar-refractivity contribution in [1.29, 1.82) is 0 Å². The summed E-state index contributed by atoms with van der Waals surface area (Å²) in [6.07, 6.45) is 0. The molecule has 1 atom stereocenters. The van der Waals surface area contributed by atoms with Crippen molar-refractivity contribution in [2.45, 2.75) is 6.04 Å². The van der Waals surface area contributed by atoms with Gasteiger partial charge in [-0.25, -0.2) is 4.39 Å². The summed E-state index contributed by atoms with van der Waals surface area (Å²) in [5.41, 5.74) is 1.39. The molecule has 0 saturated carbocycles. The number of amides is 1. The second-order valence-electron chi connectivity index (χ2n) is 6.57. The molecule has 3 aromatic carbocycles. The fourth-order valence-corrected chi connectivity index (χ4v) is 3.82. The molecule has 3 aromatic rings. The van der Waals surface area contributed by atoms with Crippen molar-refractivity contribution in [3.05, 3.63) is 106 Å². The van der Waals surface area contributed by atoms with Gasteiger partial charge in [-0.05, 0) is 35.9 Å². The molecular formula is C23H15BrFNO3. The third-order valence-corrected chi connectivity index (χ3v) is 5.26. The molecule has 1 N–H and O–H groups in total. The van der Waals surface area contributed by atoms with Crippen molar-refractivity contribution in [2.24, 2.45) is 0 Å². The Morgan fingerprint density at radius 3 is 2.28 bits per heavy atom. The molecule has 4 nitrogen and oxygen atoms in total. The van der Waals surface area contributed by atoms with E-state index in [2.05, 4.69) is 15.9 Å². The Morgan fingerprint density at radius 1 is 0.931 bits per heavy atom. The van der Waals surface area contributed by atoms with Crippen LogP contribution in [0.3, 0.4) is 0 Å². The predicted octanol–water partition coefficient (Wildman–Crippen LogP) is 5.21. The van der Waals surface area contributed by atoms with Crippen LogP contribution in [-0.4, -0.2) is 16.8 Å². The SMILES string of the molecule is O=C1C(=O)N(c2cccc(Br)c2)[C@@H](c2ccc(F)cc2)/C1=C(\O)c1ccccc1. The van der Waals surface area contributed by atoms with E-state index in [0.29, 0.717) is 16.8 Å². The number of carbonyl (C=O) groups excluding carboxylic acids is 2. The number of rotatable bonds is 3. The monoisotopic (exact) mass is 451 g/mol. The zero-order valence-corrected chi connectivity index (χ0v) is 16.6. The van der Waals surface area contributed by atoms with E-state index < -0.39 is 23.5 Å². The molecule has 1 heterocycles. The molecular weight excluding hydrogens is 437 g/mol. The van der Waals surface area contributed by atoms with E-state index in [9.17, 15) is 19.1 Å². The van der Waals surface area contributed by atoms with Gasteiger partial charge in [-0.1, -0.05) is 64.5 Å². The molecule has 0 spiro atoms. The van der Waals surface area contributed by atoms with Crippen molar-refractivity contribution >= 4 is 39.1 Å². The number of aliphatic hydroxyl groups excluding tert-OH is 1. The average Bonchev–Trinajstić information content (AvgIpc) is 2.99. The lowest BCUT2D eigenvalue weighted by atomic mass is 9.95. The zero-order valence-electron chi connectivity index (χ0n) is 15.0. The van der Waals surface area contributed by atoms with Gasteiger partial charge >= 0.3 is 0 Å². The fraction of sp³-hybridized carbons (Fsp3) is 0.0435. The molecule has 144 valence electrons. The minimum Gasteiger partial charge on any atom is -0.507 e. The lowest BCUT2D eigenvalue weighted by Gasteiger charge is -2.25. The van der Waals surface area contributed by atoms with Gasteiger partial charge in [0.05, 0.1) is 11.6 Å². The number of ketones is 1. The topological polar surface area (TPSA) is 57.6 Å². The number of hydrogen-bond donors (Lipinski definition) is 1. The molecule has 1 fully saturated rings. The standard InChI is InChI=1S/C23H15BrFNO3/c24-16-7-4-8-18(13-16)26-20(14-9-11-17(25)12-10-14)19(22(28)23(26)29)21(27)15-5-2-1-3-6-15/h1-13,20,27H/b21-19+/t20-/m0/s1. The largest absolute Gasteiger partial charge is 0.507 e. The summed E-state index contributed by atoms with van der Waals surface area (Å²) in [6, 6.07) is 20.2. The summed E-state index contributed by atoms with van der Waals surface area (Å²) < 4.78 is 14.2. The second-order valence-corrected chi connectivity index (χ2v) is 7.48. The average molecular weight is 452 g/mol. The number of nitrogens with zero attached hydrogens (tertiary/aromatic N) is 1. The van der Waals surface area contributed by atoms with Crippen LogP contribution in [0, 0.1) is 5.82 Å². The molecule has 1 aliphatic heterocycles. The Morgan fingerprint density at radius 2 is 1.62 bits per heavy atom. The summed E-state index contributed by atoms with van der Waals surface area (Å²) >= 11 is 3.38. The van der Waals surface area contributed by atoms with E-state index in [0.717, 1.165) is 4.47 Å². The first-order valence-electron chi connectivity index (χ1n) is 8.85. The number of aliphatic hydroxyl groups is 1. The van der Waals surface area contributed by atoms with Gasteiger partial charge in [0.15, 0.2) is 0 Å². The number of halogens is 2. The van der Waals surface area contributed by atoms with Crippen LogP contribution in [-0.2, 0) is 9.59 Å². The number of benzene rings is 3. The highest BCUT2D eigenvalue weighted by atomic mass is 79.9. The van der Waals surface area contributed by atoms with Crippen molar-refractivity contribution < 1.29 is 19.1 Å². The van der Waals surface area contributed by atoms with Crippen LogP contribution < -0.4 is 4.90 Å². The van der Waals surface area contributed by atoms with Crippen molar-refractivity contribution in [3.8, 4) is 0 Å². The summed E-state index contributed by atoms with van der Waals surface area (Å²) in [7, 11) is 0. The smallest absolute Gasteiger partial charge is 0.300 e. The fourth-order valence-electron chi connectivity index (χ4n) is 3.44. The van der Waals surface area contributed by atoms with E-state index >= 15 is 0 Å². The molecule has 0 aromatic heterocycles. The number of anilines is 1. The molecule has 0 bridgehead atoms. The van der Waals surface area contributed by atoms with E-state index in [4.69, 9.17) is 0 Å². The number of hydrogen-bond acceptors (Lipinski definition) is 3. The van der Waals surface area contributed by atoms with Crippen LogP contribution >= 0.6 is 15.9 Å². The van der Waals surface area contributed by atoms with Crippen molar-refractivity contribution in [2.75, 3.05) is 4.90 Å². The Labute approximate surface area is 175 Å². The summed E-state index contributed by atoms with van der Waals surface area (Å²) in [5.74, 6) is -2.25. The van der Waals surface area contributed by atoms with E-state index in [1.165, 1.54) is 29.2 Å². The molecule has 1 aliphatic rings. The van der Waals surface area contributed by atoms with Gasteiger partial charge < -0.3 is 5.11 Å². The minimum absolute atomic E-state index is 0.0345. The maximum atomic E-state index is 13.5. The van der Waals surface area contributed by atoms with Gasteiger partial charge in [0.1, 0.15) is 11.6 Å². The highest BCUT2D eigenvalue weighted by Gasteiger charge is 2.46. The number of Topliss-reactive ketones (excluding diaryl/α,β-unsaturated/α-hetero) is 1. The van der Waals surface area contributed by atoms with Gasteiger partial charge in [-0.2, -0.15) is 0 Å². The van der Waals surface area contributed by atoms with Gasteiger partial charge in [-0.15, -0.1) is 0 Å². The molecule has 0 radical (unpaired) electrons. The third-order valence-electron chi connectivity index (χ3n) is 4.76.